The first-order valence-electron chi connectivity index (χ1n) is 10.1. The van der Waals surface area contributed by atoms with Crippen LogP contribution in [0, 0.1) is 5.92 Å². The zero-order valence-corrected chi connectivity index (χ0v) is 18.1. The Morgan fingerprint density at radius 2 is 1.67 bits per heavy atom. The minimum Gasteiger partial charge on any atom is -0.452 e. The zero-order chi connectivity index (χ0) is 21.7. The Morgan fingerprint density at radius 3 is 2.23 bits per heavy atom. The predicted molar refractivity (Wildman–Crippen MR) is 116 cm³/mol. The van der Waals surface area contributed by atoms with Crippen LogP contribution in [0.4, 0.5) is 0 Å². The van der Waals surface area contributed by atoms with Gasteiger partial charge < -0.3 is 9.64 Å². The molecular formula is C23H27NO5S. The van der Waals surface area contributed by atoms with Crippen LogP contribution < -0.4 is 0 Å². The summed E-state index contributed by atoms with van der Waals surface area (Å²) in [6.45, 7) is 3.96. The summed E-state index contributed by atoms with van der Waals surface area (Å²) >= 11 is 0. The quantitative estimate of drug-likeness (QED) is 0.632. The Hall–Kier alpha value is -2.67. The van der Waals surface area contributed by atoms with E-state index in [1.807, 2.05) is 56.3 Å². The van der Waals surface area contributed by atoms with Gasteiger partial charge in [0.05, 0.1) is 17.1 Å². The summed E-state index contributed by atoms with van der Waals surface area (Å²) < 4.78 is 28.9. The molecule has 0 unspecified atom stereocenters. The van der Waals surface area contributed by atoms with Crippen molar-refractivity contribution in [3.05, 3.63) is 60.2 Å². The smallest absolute Gasteiger partial charge is 0.338 e. The molecule has 2 aromatic carbocycles. The molecule has 1 aliphatic heterocycles. The lowest BCUT2D eigenvalue weighted by atomic mass is 10.0. The fourth-order valence-corrected chi connectivity index (χ4v) is 5.32. The maximum absolute atomic E-state index is 12.7. The Kier molecular flexibility index (Phi) is 6.92. The van der Waals surface area contributed by atoms with E-state index in [1.54, 1.807) is 17.0 Å². The van der Waals surface area contributed by atoms with Crippen molar-refractivity contribution in [2.24, 2.45) is 5.92 Å². The van der Waals surface area contributed by atoms with Crippen LogP contribution in [0.5, 0.6) is 0 Å². The number of rotatable bonds is 7. The summed E-state index contributed by atoms with van der Waals surface area (Å²) in [6.07, 6.45) is 0.426. The van der Waals surface area contributed by atoms with Crippen LogP contribution >= 0.6 is 0 Å². The van der Waals surface area contributed by atoms with Gasteiger partial charge in [0.2, 0.25) is 0 Å². The van der Waals surface area contributed by atoms with Crippen molar-refractivity contribution in [3.63, 3.8) is 0 Å². The molecule has 0 aliphatic carbocycles. The van der Waals surface area contributed by atoms with Crippen molar-refractivity contribution >= 4 is 21.7 Å². The SMILES string of the molecule is CC(C)CN(C(=O)COC(=O)c1ccc(-c2ccccc2)cc1)[C@@H]1CCS(=O)(=O)C1. The van der Waals surface area contributed by atoms with Gasteiger partial charge in [-0.3, -0.25) is 4.79 Å². The average molecular weight is 430 g/mol. The normalized spacial score (nSPS) is 17.6. The number of esters is 1. The van der Waals surface area contributed by atoms with Crippen molar-refractivity contribution in [2.45, 2.75) is 26.3 Å². The molecule has 0 radical (unpaired) electrons. The maximum Gasteiger partial charge on any atom is 0.338 e. The molecule has 1 fully saturated rings. The molecule has 1 saturated heterocycles. The molecule has 0 aromatic heterocycles. The molecule has 1 amide bonds. The zero-order valence-electron chi connectivity index (χ0n) is 17.3. The molecule has 6 nitrogen and oxygen atoms in total. The number of ether oxygens (including phenoxy) is 1. The lowest BCUT2D eigenvalue weighted by molar-refractivity contribution is -0.137. The van der Waals surface area contributed by atoms with Gasteiger partial charge in [0.25, 0.3) is 5.91 Å². The second-order valence-corrected chi connectivity index (χ2v) is 10.2. The minimum absolute atomic E-state index is 0.0274. The van der Waals surface area contributed by atoms with E-state index in [9.17, 15) is 18.0 Å². The minimum atomic E-state index is -3.11. The molecule has 0 N–H and O–H groups in total. The topological polar surface area (TPSA) is 80.8 Å². The van der Waals surface area contributed by atoms with Gasteiger partial charge in [-0.05, 0) is 35.6 Å². The standard InChI is InChI=1S/C23H27NO5S/c1-17(2)14-24(21-12-13-30(27,28)16-21)22(25)15-29-23(26)20-10-8-19(9-11-20)18-6-4-3-5-7-18/h3-11,17,21H,12-16H2,1-2H3/t21-/m1/s1. The number of nitrogens with zero attached hydrogens (tertiary/aromatic N) is 1. The average Bonchev–Trinajstić information content (AvgIpc) is 3.10. The van der Waals surface area contributed by atoms with Gasteiger partial charge in [0, 0.05) is 12.6 Å². The van der Waals surface area contributed by atoms with Gasteiger partial charge in [-0.15, -0.1) is 0 Å². The molecular weight excluding hydrogens is 402 g/mol. The number of hydrogen-bond donors (Lipinski definition) is 0. The molecule has 1 atom stereocenters. The monoisotopic (exact) mass is 429 g/mol. The third kappa shape index (κ3) is 5.69. The number of benzene rings is 2. The van der Waals surface area contributed by atoms with E-state index in [1.165, 1.54) is 0 Å². The van der Waals surface area contributed by atoms with E-state index in [0.717, 1.165) is 11.1 Å². The van der Waals surface area contributed by atoms with E-state index in [-0.39, 0.29) is 29.4 Å². The lowest BCUT2D eigenvalue weighted by Crippen LogP contribution is -2.45. The molecule has 0 saturated carbocycles. The van der Waals surface area contributed by atoms with E-state index < -0.39 is 22.4 Å². The van der Waals surface area contributed by atoms with Crippen LogP contribution in [0.3, 0.4) is 0 Å². The second kappa shape index (κ2) is 9.43. The summed E-state index contributed by atoms with van der Waals surface area (Å²) in [5, 5.41) is 0. The number of sulfone groups is 1. The van der Waals surface area contributed by atoms with E-state index in [4.69, 9.17) is 4.74 Å². The van der Waals surface area contributed by atoms with Crippen LogP contribution in [0.15, 0.2) is 54.6 Å². The highest BCUT2D eigenvalue weighted by atomic mass is 32.2. The van der Waals surface area contributed by atoms with Gasteiger partial charge >= 0.3 is 5.97 Å². The Labute approximate surface area is 177 Å². The third-order valence-electron chi connectivity index (χ3n) is 5.09. The summed E-state index contributed by atoms with van der Waals surface area (Å²) in [4.78, 5) is 26.6. The molecule has 30 heavy (non-hydrogen) atoms. The van der Waals surface area contributed by atoms with E-state index in [0.29, 0.717) is 18.5 Å². The van der Waals surface area contributed by atoms with Crippen molar-refractivity contribution in [2.75, 3.05) is 24.7 Å². The molecule has 0 bridgehead atoms. The van der Waals surface area contributed by atoms with E-state index >= 15 is 0 Å². The van der Waals surface area contributed by atoms with Crippen LogP contribution in [-0.2, 0) is 19.4 Å². The van der Waals surface area contributed by atoms with Crippen LogP contribution in [0.25, 0.3) is 11.1 Å². The van der Waals surface area contributed by atoms with Gasteiger partial charge in [-0.1, -0.05) is 56.3 Å². The van der Waals surface area contributed by atoms with Crippen molar-refractivity contribution in [3.8, 4) is 11.1 Å². The van der Waals surface area contributed by atoms with Crippen molar-refractivity contribution in [1.82, 2.24) is 4.90 Å². The fourth-order valence-electron chi connectivity index (χ4n) is 3.59. The molecule has 160 valence electrons. The van der Waals surface area contributed by atoms with Gasteiger partial charge in [0.1, 0.15) is 0 Å². The van der Waals surface area contributed by atoms with Crippen LogP contribution in [-0.4, -0.2) is 55.9 Å². The number of hydrogen-bond acceptors (Lipinski definition) is 5. The largest absolute Gasteiger partial charge is 0.452 e. The predicted octanol–water partition coefficient (Wildman–Crippen LogP) is 3.18. The summed E-state index contributed by atoms with van der Waals surface area (Å²) in [5.74, 6) is -0.696. The molecule has 0 spiro atoms. The van der Waals surface area contributed by atoms with Crippen LogP contribution in [0.1, 0.15) is 30.6 Å². The molecule has 2 aromatic rings. The maximum atomic E-state index is 12.7. The molecule has 3 rings (SSSR count). The first kappa shape index (κ1) is 22.0. The number of carbonyl (C=O) groups excluding carboxylic acids is 2. The Morgan fingerprint density at radius 1 is 1.03 bits per heavy atom. The molecule has 1 heterocycles. The van der Waals surface area contributed by atoms with Gasteiger partial charge in [-0.2, -0.15) is 0 Å². The van der Waals surface area contributed by atoms with Gasteiger partial charge in [-0.25, -0.2) is 13.2 Å². The van der Waals surface area contributed by atoms with E-state index in [2.05, 4.69) is 0 Å². The third-order valence-corrected chi connectivity index (χ3v) is 6.84. The lowest BCUT2D eigenvalue weighted by Gasteiger charge is -2.29. The van der Waals surface area contributed by atoms with Crippen molar-refractivity contribution in [1.29, 1.82) is 0 Å². The molecule has 1 aliphatic rings. The highest BCUT2D eigenvalue weighted by molar-refractivity contribution is 7.91. The van der Waals surface area contributed by atoms with Crippen molar-refractivity contribution < 1.29 is 22.7 Å². The highest BCUT2D eigenvalue weighted by Crippen LogP contribution is 2.21. The summed E-state index contributed by atoms with van der Waals surface area (Å²) in [5.41, 5.74) is 2.39. The first-order chi connectivity index (χ1) is 14.2. The second-order valence-electron chi connectivity index (χ2n) is 8.02. The molecule has 7 heteroatoms. The first-order valence-corrected chi connectivity index (χ1v) is 11.9. The summed E-state index contributed by atoms with van der Waals surface area (Å²) in [6, 6.07) is 16.5. The number of carbonyl (C=O) groups is 2. The Balaban J connectivity index is 1.61. The highest BCUT2D eigenvalue weighted by Gasteiger charge is 2.35. The fraction of sp³-hybridized carbons (Fsp3) is 0.391. The Bertz CT molecular complexity index is 984. The number of amides is 1. The van der Waals surface area contributed by atoms with Gasteiger partial charge in [0.15, 0.2) is 16.4 Å². The van der Waals surface area contributed by atoms with Crippen LogP contribution in [0.2, 0.25) is 0 Å². The summed E-state index contributed by atoms with van der Waals surface area (Å²) in [7, 11) is -3.11.